The average Bonchev–Trinajstić information content (AvgIpc) is 2.17. The van der Waals surface area contributed by atoms with E-state index in [0.717, 1.165) is 0 Å². The van der Waals surface area contributed by atoms with Gasteiger partial charge in [-0.25, -0.2) is 0 Å². The van der Waals surface area contributed by atoms with Crippen molar-refractivity contribution in [2.75, 3.05) is 0 Å². The Morgan fingerprint density at radius 2 is 1.62 bits per heavy atom. The molecule has 0 aromatic heterocycles. The molecule has 0 amide bonds. The zero-order valence-corrected chi connectivity index (χ0v) is 6.99. The summed E-state index contributed by atoms with van der Waals surface area (Å²) >= 11 is 0. The Morgan fingerprint density at radius 1 is 1.00 bits per heavy atom. The topological polar surface area (TPSA) is 23.8 Å². The zero-order valence-electron chi connectivity index (χ0n) is 6.99. The van der Waals surface area contributed by atoms with Gasteiger partial charge in [0.2, 0.25) is 0 Å². The fourth-order valence-electron chi connectivity index (χ4n) is 2.11. The third-order valence-corrected chi connectivity index (χ3v) is 2.72. The molecule has 1 nitrogen and oxygen atoms in total. The fourth-order valence-corrected chi connectivity index (χ4v) is 2.11. The van der Waals surface area contributed by atoms with Gasteiger partial charge >= 0.3 is 0 Å². The second kappa shape index (κ2) is 2.11. The van der Waals surface area contributed by atoms with Gasteiger partial charge in [0.05, 0.1) is 12.0 Å². The Bertz CT molecular complexity index is 496. The van der Waals surface area contributed by atoms with Gasteiger partial charge in [-0.2, -0.15) is 5.26 Å². The molecule has 0 saturated heterocycles. The first-order valence-electron chi connectivity index (χ1n) is 4.33. The van der Waals surface area contributed by atoms with Crippen LogP contribution in [0.1, 0.15) is 17.0 Å². The number of nitriles is 1. The minimum atomic E-state index is 0.0138. The van der Waals surface area contributed by atoms with E-state index in [2.05, 4.69) is 18.2 Å². The molecule has 13 heavy (non-hydrogen) atoms. The Balaban J connectivity index is 2.47. The standard InChI is InChI=1S/C12H7N/c13-7-11-9-5-1-3-8-4-2-6-10(11)12(8)9/h1-6,11H. The van der Waals surface area contributed by atoms with Crippen molar-refractivity contribution >= 4 is 10.8 Å². The van der Waals surface area contributed by atoms with Gasteiger partial charge in [-0.15, -0.1) is 0 Å². The summed E-state index contributed by atoms with van der Waals surface area (Å²) in [6, 6.07) is 14.6. The number of hydrogen-bond donors (Lipinski definition) is 0. The molecule has 2 aromatic carbocycles. The highest BCUT2D eigenvalue weighted by atomic mass is 14.3. The van der Waals surface area contributed by atoms with E-state index >= 15 is 0 Å². The first-order chi connectivity index (χ1) is 6.42. The number of nitrogens with zero attached hydrogens (tertiary/aromatic N) is 1. The predicted octanol–water partition coefficient (Wildman–Crippen LogP) is 2.81. The van der Waals surface area contributed by atoms with Crippen molar-refractivity contribution in [1.82, 2.24) is 0 Å². The molecule has 0 heterocycles. The Kier molecular flexibility index (Phi) is 1.08. The Morgan fingerprint density at radius 3 is 2.15 bits per heavy atom. The fraction of sp³-hybridized carbons (Fsp3) is 0.0833. The van der Waals surface area contributed by atoms with Gasteiger partial charge in [-0.1, -0.05) is 36.4 Å². The molecule has 3 rings (SSSR count). The van der Waals surface area contributed by atoms with Crippen LogP contribution in [0.4, 0.5) is 0 Å². The van der Waals surface area contributed by atoms with E-state index in [4.69, 9.17) is 5.26 Å². The van der Waals surface area contributed by atoms with Crippen molar-refractivity contribution in [2.45, 2.75) is 5.92 Å². The molecule has 0 radical (unpaired) electrons. The third kappa shape index (κ3) is 0.660. The summed E-state index contributed by atoms with van der Waals surface area (Å²) in [6.45, 7) is 0. The summed E-state index contributed by atoms with van der Waals surface area (Å²) < 4.78 is 0. The summed E-state index contributed by atoms with van der Waals surface area (Å²) in [5.41, 5.74) is 2.38. The molecule has 2 aromatic rings. The van der Waals surface area contributed by atoms with Crippen molar-refractivity contribution in [3.8, 4) is 6.07 Å². The van der Waals surface area contributed by atoms with Crippen LogP contribution in [-0.4, -0.2) is 0 Å². The molecular weight excluding hydrogens is 158 g/mol. The summed E-state index contributed by atoms with van der Waals surface area (Å²) in [5, 5.41) is 11.5. The molecule has 1 heteroatoms. The normalized spacial score (nSPS) is 13.8. The van der Waals surface area contributed by atoms with Crippen LogP contribution >= 0.6 is 0 Å². The highest BCUT2D eigenvalue weighted by Gasteiger charge is 2.27. The predicted molar refractivity (Wildman–Crippen MR) is 51.4 cm³/mol. The molecular formula is C12H7N. The van der Waals surface area contributed by atoms with Gasteiger partial charge in [0.15, 0.2) is 0 Å². The molecule has 60 valence electrons. The maximum atomic E-state index is 8.93. The molecule has 0 aliphatic heterocycles. The number of benzene rings is 2. The zero-order chi connectivity index (χ0) is 8.84. The lowest BCUT2D eigenvalue weighted by Gasteiger charge is -2.25. The summed E-state index contributed by atoms with van der Waals surface area (Å²) in [7, 11) is 0. The second-order valence-corrected chi connectivity index (χ2v) is 3.35. The van der Waals surface area contributed by atoms with Crippen LogP contribution in [0.3, 0.4) is 0 Å². The number of hydrogen-bond acceptors (Lipinski definition) is 1. The minimum Gasteiger partial charge on any atom is -0.197 e. The van der Waals surface area contributed by atoms with E-state index in [-0.39, 0.29) is 5.92 Å². The van der Waals surface area contributed by atoms with Crippen molar-refractivity contribution in [1.29, 1.82) is 5.26 Å². The second-order valence-electron chi connectivity index (χ2n) is 3.35. The lowest BCUT2D eigenvalue weighted by atomic mass is 9.76. The molecule has 1 aliphatic carbocycles. The molecule has 0 bridgehead atoms. The van der Waals surface area contributed by atoms with Crippen molar-refractivity contribution in [3.05, 3.63) is 47.5 Å². The molecule has 0 spiro atoms. The van der Waals surface area contributed by atoms with Gasteiger partial charge in [0, 0.05) is 0 Å². The lowest BCUT2D eigenvalue weighted by molar-refractivity contribution is 1.01. The van der Waals surface area contributed by atoms with E-state index in [1.165, 1.54) is 21.9 Å². The third-order valence-electron chi connectivity index (χ3n) is 2.72. The smallest absolute Gasteiger partial charge is 0.0974 e. The van der Waals surface area contributed by atoms with Gasteiger partial charge in [0.25, 0.3) is 0 Å². The number of rotatable bonds is 0. The van der Waals surface area contributed by atoms with Gasteiger partial charge in [-0.05, 0) is 21.9 Å². The van der Waals surface area contributed by atoms with Gasteiger partial charge < -0.3 is 0 Å². The van der Waals surface area contributed by atoms with E-state index < -0.39 is 0 Å². The van der Waals surface area contributed by atoms with Crippen LogP contribution in [-0.2, 0) is 0 Å². The first-order valence-corrected chi connectivity index (χ1v) is 4.33. The minimum absolute atomic E-state index is 0.0138. The summed E-state index contributed by atoms with van der Waals surface area (Å²) in [6.07, 6.45) is 0. The highest BCUT2D eigenvalue weighted by molar-refractivity contribution is 5.96. The maximum Gasteiger partial charge on any atom is 0.0974 e. The lowest BCUT2D eigenvalue weighted by Crippen LogP contribution is -2.10. The Labute approximate surface area is 76.2 Å². The van der Waals surface area contributed by atoms with Crippen LogP contribution < -0.4 is 0 Å². The van der Waals surface area contributed by atoms with Crippen molar-refractivity contribution < 1.29 is 0 Å². The van der Waals surface area contributed by atoms with E-state index in [0.29, 0.717) is 0 Å². The Hall–Kier alpha value is -1.81. The SMILES string of the molecule is N#CC1c2cccc3cccc1c23. The van der Waals surface area contributed by atoms with E-state index in [9.17, 15) is 0 Å². The molecule has 0 atom stereocenters. The first kappa shape index (κ1) is 6.68. The molecule has 1 aliphatic rings. The molecule has 0 N–H and O–H groups in total. The highest BCUT2D eigenvalue weighted by Crippen LogP contribution is 2.43. The molecule has 0 unspecified atom stereocenters. The van der Waals surface area contributed by atoms with Gasteiger partial charge in [-0.3, -0.25) is 0 Å². The van der Waals surface area contributed by atoms with Crippen LogP contribution in [0.25, 0.3) is 10.8 Å². The van der Waals surface area contributed by atoms with Crippen molar-refractivity contribution in [3.63, 3.8) is 0 Å². The monoisotopic (exact) mass is 165 g/mol. The summed E-state index contributed by atoms with van der Waals surface area (Å²) in [4.78, 5) is 0. The maximum absolute atomic E-state index is 8.93. The van der Waals surface area contributed by atoms with Crippen LogP contribution in [0.2, 0.25) is 0 Å². The quantitative estimate of drug-likeness (QED) is 0.588. The van der Waals surface area contributed by atoms with Crippen LogP contribution in [0.15, 0.2) is 36.4 Å². The van der Waals surface area contributed by atoms with Crippen LogP contribution in [0, 0.1) is 11.3 Å². The molecule has 0 fully saturated rings. The van der Waals surface area contributed by atoms with Crippen LogP contribution in [0.5, 0.6) is 0 Å². The van der Waals surface area contributed by atoms with Gasteiger partial charge in [0.1, 0.15) is 0 Å². The van der Waals surface area contributed by atoms with E-state index in [1.807, 2.05) is 24.3 Å². The van der Waals surface area contributed by atoms with Crippen molar-refractivity contribution in [2.24, 2.45) is 0 Å². The molecule has 0 saturated carbocycles. The largest absolute Gasteiger partial charge is 0.197 e. The van der Waals surface area contributed by atoms with E-state index in [1.54, 1.807) is 0 Å². The average molecular weight is 165 g/mol. The summed E-state index contributed by atoms with van der Waals surface area (Å²) in [5.74, 6) is 0.0138.